The van der Waals surface area contributed by atoms with Crippen LogP contribution in [0, 0.1) is 0 Å². The van der Waals surface area contributed by atoms with Gasteiger partial charge in [0.1, 0.15) is 12.4 Å². The summed E-state index contributed by atoms with van der Waals surface area (Å²) >= 11 is 5.83. The summed E-state index contributed by atoms with van der Waals surface area (Å²) in [6.45, 7) is 5.12. The van der Waals surface area contributed by atoms with E-state index in [4.69, 9.17) is 16.3 Å². The Hall–Kier alpha value is -0.770. The van der Waals surface area contributed by atoms with Crippen LogP contribution >= 0.6 is 11.6 Å². The minimum absolute atomic E-state index is 0.161. The maximum Gasteiger partial charge on any atom is 0.125 e. The third-order valence-electron chi connectivity index (χ3n) is 2.00. The van der Waals surface area contributed by atoms with E-state index in [-0.39, 0.29) is 6.61 Å². The van der Waals surface area contributed by atoms with Crippen LogP contribution in [0.3, 0.4) is 0 Å². The Labute approximate surface area is 101 Å². The van der Waals surface area contributed by atoms with Gasteiger partial charge < -0.3 is 14.9 Å². The number of aliphatic hydroxyl groups excluding tert-OH is 1. The Morgan fingerprint density at radius 1 is 1.44 bits per heavy atom. The minimum atomic E-state index is -0.907. The molecule has 0 aliphatic heterocycles. The van der Waals surface area contributed by atoms with Gasteiger partial charge in [0.2, 0.25) is 0 Å². The summed E-state index contributed by atoms with van der Waals surface area (Å²) in [4.78, 5) is 0. The topological polar surface area (TPSA) is 49.7 Å². The molecule has 0 aliphatic carbocycles. The minimum Gasteiger partial charge on any atom is -0.490 e. The first-order chi connectivity index (χ1) is 7.29. The fraction of sp³-hybridized carbons (Fsp3) is 0.500. The van der Waals surface area contributed by atoms with Crippen LogP contribution in [-0.2, 0) is 0 Å². The van der Waals surface area contributed by atoms with Gasteiger partial charge in [0, 0.05) is 10.6 Å². The van der Waals surface area contributed by atoms with Crippen LogP contribution in [0.2, 0.25) is 5.02 Å². The maximum atomic E-state index is 9.56. The average molecular weight is 245 g/mol. The Morgan fingerprint density at radius 2 is 2.06 bits per heavy atom. The van der Waals surface area contributed by atoms with Crippen LogP contribution in [0.15, 0.2) is 18.2 Å². The molecule has 2 N–H and O–H groups in total. The van der Waals surface area contributed by atoms with E-state index in [9.17, 15) is 10.2 Å². The molecule has 1 aromatic rings. The van der Waals surface area contributed by atoms with Gasteiger partial charge >= 0.3 is 0 Å². The number of benzene rings is 1. The second kappa shape index (κ2) is 5.04. The van der Waals surface area contributed by atoms with Crippen LogP contribution in [0.25, 0.3) is 0 Å². The molecule has 90 valence electrons. The number of aliphatic hydroxyl groups is 2. The molecule has 1 atom stereocenters. The van der Waals surface area contributed by atoms with E-state index in [0.717, 1.165) is 0 Å². The van der Waals surface area contributed by atoms with Crippen molar-refractivity contribution in [2.75, 3.05) is 6.61 Å². The third kappa shape index (κ3) is 4.00. The van der Waals surface area contributed by atoms with E-state index >= 15 is 0 Å². The van der Waals surface area contributed by atoms with Gasteiger partial charge in [-0.3, -0.25) is 0 Å². The zero-order chi connectivity index (χ0) is 12.3. The van der Waals surface area contributed by atoms with Gasteiger partial charge in [-0.15, -0.1) is 0 Å². The van der Waals surface area contributed by atoms with Crippen molar-refractivity contribution in [3.8, 4) is 5.75 Å². The van der Waals surface area contributed by atoms with E-state index in [1.807, 2.05) is 0 Å². The molecule has 0 spiro atoms. The molecule has 0 radical (unpaired) electrons. The summed E-state index contributed by atoms with van der Waals surface area (Å²) < 4.78 is 5.45. The molecule has 0 aliphatic rings. The van der Waals surface area contributed by atoms with Gasteiger partial charge in [-0.05, 0) is 39.0 Å². The summed E-state index contributed by atoms with van der Waals surface area (Å²) in [7, 11) is 0. The quantitative estimate of drug-likeness (QED) is 0.856. The van der Waals surface area contributed by atoms with Gasteiger partial charge in [-0.25, -0.2) is 0 Å². The van der Waals surface area contributed by atoms with Crippen molar-refractivity contribution in [1.29, 1.82) is 0 Å². The zero-order valence-electron chi connectivity index (χ0n) is 9.70. The van der Waals surface area contributed by atoms with Crippen molar-refractivity contribution in [2.45, 2.75) is 32.5 Å². The zero-order valence-corrected chi connectivity index (χ0v) is 10.5. The number of hydrogen-bond donors (Lipinski definition) is 2. The van der Waals surface area contributed by atoms with E-state index in [1.54, 1.807) is 39.0 Å². The third-order valence-corrected chi connectivity index (χ3v) is 2.24. The summed E-state index contributed by atoms with van der Waals surface area (Å²) in [6.07, 6.45) is -0.657. The molecule has 16 heavy (non-hydrogen) atoms. The maximum absolute atomic E-state index is 9.56. The second-order valence-corrected chi connectivity index (χ2v) is 4.90. The number of ether oxygens (including phenoxy) is 1. The predicted octanol–water partition coefficient (Wildman–Crippen LogP) is 2.54. The number of rotatable bonds is 4. The SMILES string of the molecule is C[C@@H](O)c1cc(Cl)ccc1OCC(C)(C)O. The Morgan fingerprint density at radius 3 is 2.56 bits per heavy atom. The molecule has 0 saturated heterocycles. The van der Waals surface area contributed by atoms with Crippen LogP contribution in [0.5, 0.6) is 5.75 Å². The predicted molar refractivity (Wildman–Crippen MR) is 63.9 cm³/mol. The molecule has 4 heteroatoms. The highest BCUT2D eigenvalue weighted by Crippen LogP contribution is 2.28. The fourth-order valence-electron chi connectivity index (χ4n) is 1.23. The molecule has 0 bridgehead atoms. The summed E-state index contributed by atoms with van der Waals surface area (Å²) in [5.74, 6) is 0.543. The first kappa shape index (κ1) is 13.3. The van der Waals surface area contributed by atoms with E-state index in [1.165, 1.54) is 0 Å². The fourth-order valence-corrected chi connectivity index (χ4v) is 1.41. The standard InChI is InChI=1S/C12H17ClO3/c1-8(14)10-6-9(13)4-5-11(10)16-7-12(2,3)15/h4-6,8,14-15H,7H2,1-3H3/t8-/m1/s1. The van der Waals surface area contributed by atoms with Crippen molar-refractivity contribution < 1.29 is 14.9 Å². The van der Waals surface area contributed by atoms with Crippen LogP contribution in [-0.4, -0.2) is 22.4 Å². The molecule has 0 heterocycles. The highest BCUT2D eigenvalue weighted by atomic mass is 35.5. The normalized spacial score (nSPS) is 13.6. The molecular formula is C12H17ClO3. The average Bonchev–Trinajstić information content (AvgIpc) is 2.14. The molecule has 1 rings (SSSR count). The lowest BCUT2D eigenvalue weighted by Gasteiger charge is -2.20. The molecule has 0 saturated carbocycles. The smallest absolute Gasteiger partial charge is 0.125 e. The van der Waals surface area contributed by atoms with Crippen molar-refractivity contribution in [2.24, 2.45) is 0 Å². The molecule has 3 nitrogen and oxygen atoms in total. The first-order valence-electron chi connectivity index (χ1n) is 5.12. The lowest BCUT2D eigenvalue weighted by Crippen LogP contribution is -2.28. The highest BCUT2D eigenvalue weighted by molar-refractivity contribution is 6.30. The van der Waals surface area contributed by atoms with Crippen LogP contribution < -0.4 is 4.74 Å². The highest BCUT2D eigenvalue weighted by Gasteiger charge is 2.16. The van der Waals surface area contributed by atoms with E-state index in [2.05, 4.69) is 0 Å². The van der Waals surface area contributed by atoms with Crippen molar-refractivity contribution in [3.05, 3.63) is 28.8 Å². The summed E-state index contributed by atoms with van der Waals surface area (Å²) in [5.41, 5.74) is -0.285. The second-order valence-electron chi connectivity index (χ2n) is 4.46. The Bertz CT molecular complexity index is 356. The van der Waals surface area contributed by atoms with Crippen molar-refractivity contribution in [3.63, 3.8) is 0 Å². The van der Waals surface area contributed by atoms with Gasteiger partial charge in [0.25, 0.3) is 0 Å². The number of halogens is 1. The van der Waals surface area contributed by atoms with Gasteiger partial charge in [0.15, 0.2) is 0 Å². The first-order valence-corrected chi connectivity index (χ1v) is 5.50. The van der Waals surface area contributed by atoms with Crippen molar-refractivity contribution in [1.82, 2.24) is 0 Å². The number of hydrogen-bond acceptors (Lipinski definition) is 3. The Kier molecular flexibility index (Phi) is 4.19. The molecule has 0 unspecified atom stereocenters. The van der Waals surface area contributed by atoms with Gasteiger partial charge in [-0.2, -0.15) is 0 Å². The summed E-state index contributed by atoms with van der Waals surface area (Å²) in [6, 6.07) is 5.04. The van der Waals surface area contributed by atoms with Crippen LogP contribution in [0.1, 0.15) is 32.4 Å². The molecule has 1 aromatic carbocycles. The Balaban J connectivity index is 2.87. The van der Waals surface area contributed by atoms with Crippen LogP contribution in [0.4, 0.5) is 0 Å². The molecule has 0 aromatic heterocycles. The van der Waals surface area contributed by atoms with Gasteiger partial charge in [-0.1, -0.05) is 11.6 Å². The summed E-state index contributed by atoms with van der Waals surface area (Å²) in [5, 5.41) is 19.7. The largest absolute Gasteiger partial charge is 0.490 e. The lowest BCUT2D eigenvalue weighted by molar-refractivity contribution is 0.0272. The van der Waals surface area contributed by atoms with Gasteiger partial charge in [0.05, 0.1) is 11.7 Å². The molecule has 0 amide bonds. The van der Waals surface area contributed by atoms with E-state index < -0.39 is 11.7 Å². The lowest BCUT2D eigenvalue weighted by atomic mass is 10.1. The molecular weight excluding hydrogens is 228 g/mol. The molecule has 0 fully saturated rings. The van der Waals surface area contributed by atoms with Crippen molar-refractivity contribution >= 4 is 11.6 Å². The van der Waals surface area contributed by atoms with E-state index in [0.29, 0.717) is 16.3 Å². The monoisotopic (exact) mass is 244 g/mol.